The molecule has 1 aliphatic rings. The minimum absolute atomic E-state index is 0. The maximum Gasteiger partial charge on any atom is 0.191 e. The van der Waals surface area contributed by atoms with Crippen LogP contribution in [0.4, 0.5) is 0 Å². The van der Waals surface area contributed by atoms with Crippen molar-refractivity contribution >= 4 is 41.7 Å². The molecule has 0 bridgehead atoms. The fraction of sp³-hybridized carbons (Fsp3) is 0.667. The van der Waals surface area contributed by atoms with Crippen LogP contribution in [0.25, 0.3) is 0 Å². The molecule has 1 aromatic rings. The fourth-order valence-corrected chi connectivity index (χ4v) is 3.86. The molecule has 0 aromatic heterocycles. The van der Waals surface area contributed by atoms with Gasteiger partial charge in [-0.3, -0.25) is 4.99 Å². The Bertz CT molecular complexity index is 641. The van der Waals surface area contributed by atoms with Crippen LogP contribution in [0.5, 0.6) is 5.75 Å². The lowest BCUT2D eigenvalue weighted by molar-refractivity contribution is 0.0783. The molecular weight excluding hydrogens is 485 g/mol. The number of halogens is 1. The Balaban J connectivity index is 0.00000392. The third-order valence-electron chi connectivity index (χ3n) is 4.72. The Morgan fingerprint density at radius 3 is 2.50 bits per heavy atom. The standard InChI is InChI=1S/C21H35N3O2S.HI/c1-16-7-8-17(18(13-16)26-20(2,3)4)14-23-19(22-5)24-15-21(27-6)9-11-25-12-10-21;/h7-8,13H,9-12,14-15H2,1-6H3,(H2,22,23,24);1H. The largest absolute Gasteiger partial charge is 0.488 e. The van der Waals surface area contributed by atoms with Crippen molar-refractivity contribution in [1.29, 1.82) is 0 Å². The second-order valence-corrected chi connectivity index (χ2v) is 9.38. The molecule has 0 aliphatic carbocycles. The number of benzene rings is 1. The van der Waals surface area contributed by atoms with Gasteiger partial charge in [0, 0.05) is 43.7 Å². The number of hydrogen-bond donors (Lipinski definition) is 2. The number of rotatable bonds is 6. The number of thioether (sulfide) groups is 1. The van der Waals surface area contributed by atoms with Gasteiger partial charge < -0.3 is 20.1 Å². The van der Waals surface area contributed by atoms with E-state index in [0.29, 0.717) is 6.54 Å². The zero-order valence-electron chi connectivity index (χ0n) is 18.1. The van der Waals surface area contributed by atoms with E-state index in [9.17, 15) is 0 Å². The molecule has 0 spiro atoms. The summed E-state index contributed by atoms with van der Waals surface area (Å²) in [6.45, 7) is 11.5. The van der Waals surface area contributed by atoms with Gasteiger partial charge in [-0.15, -0.1) is 24.0 Å². The maximum atomic E-state index is 6.15. The van der Waals surface area contributed by atoms with E-state index in [1.54, 1.807) is 0 Å². The van der Waals surface area contributed by atoms with Gasteiger partial charge in [0.1, 0.15) is 11.4 Å². The third kappa shape index (κ3) is 7.99. The van der Waals surface area contributed by atoms with Crippen molar-refractivity contribution in [3.8, 4) is 5.75 Å². The lowest BCUT2D eigenvalue weighted by Gasteiger charge is -2.36. The molecule has 1 heterocycles. The van der Waals surface area contributed by atoms with Crippen LogP contribution in [0, 0.1) is 6.92 Å². The van der Waals surface area contributed by atoms with Gasteiger partial charge in [-0.05, 0) is 58.4 Å². The molecule has 1 fully saturated rings. The molecule has 5 nitrogen and oxygen atoms in total. The van der Waals surface area contributed by atoms with E-state index in [2.05, 4.69) is 67.8 Å². The number of aliphatic imine (C=N–C) groups is 1. The predicted octanol–water partition coefficient (Wildman–Crippen LogP) is 4.37. The van der Waals surface area contributed by atoms with E-state index < -0.39 is 0 Å². The lowest BCUT2D eigenvalue weighted by Crippen LogP contribution is -2.47. The molecule has 0 unspecified atom stereocenters. The highest BCUT2D eigenvalue weighted by atomic mass is 127. The van der Waals surface area contributed by atoms with Crippen molar-refractivity contribution in [2.45, 2.75) is 57.4 Å². The van der Waals surface area contributed by atoms with Crippen LogP contribution in [0.3, 0.4) is 0 Å². The van der Waals surface area contributed by atoms with Crippen molar-refractivity contribution in [2.75, 3.05) is 33.1 Å². The van der Waals surface area contributed by atoms with Gasteiger partial charge in [0.05, 0.1) is 0 Å². The molecule has 0 saturated carbocycles. The average Bonchev–Trinajstić information content (AvgIpc) is 2.62. The number of nitrogens with one attached hydrogen (secondary N) is 2. The molecule has 0 amide bonds. The molecule has 160 valence electrons. The molecule has 0 atom stereocenters. The summed E-state index contributed by atoms with van der Waals surface area (Å²) in [6, 6.07) is 6.34. The number of ether oxygens (including phenoxy) is 2. The monoisotopic (exact) mass is 521 g/mol. The Hall–Kier alpha value is -0.670. The summed E-state index contributed by atoms with van der Waals surface area (Å²) in [5.74, 6) is 1.74. The molecule has 2 N–H and O–H groups in total. The van der Waals surface area contributed by atoms with Crippen LogP contribution < -0.4 is 15.4 Å². The average molecular weight is 522 g/mol. The van der Waals surface area contributed by atoms with Crippen LogP contribution >= 0.6 is 35.7 Å². The Kier molecular flexibility index (Phi) is 10.4. The number of guanidine groups is 1. The zero-order valence-corrected chi connectivity index (χ0v) is 21.2. The highest BCUT2D eigenvalue weighted by Gasteiger charge is 2.31. The summed E-state index contributed by atoms with van der Waals surface area (Å²) in [5, 5.41) is 6.93. The van der Waals surface area contributed by atoms with Gasteiger partial charge in [0.25, 0.3) is 0 Å². The van der Waals surface area contributed by atoms with Crippen LogP contribution in [0.2, 0.25) is 0 Å². The Morgan fingerprint density at radius 2 is 1.93 bits per heavy atom. The molecule has 0 radical (unpaired) electrons. The summed E-state index contributed by atoms with van der Waals surface area (Å²) in [4.78, 5) is 4.39. The summed E-state index contributed by atoms with van der Waals surface area (Å²) < 4.78 is 11.9. The summed E-state index contributed by atoms with van der Waals surface area (Å²) >= 11 is 1.93. The highest BCUT2D eigenvalue weighted by Crippen LogP contribution is 2.33. The maximum absolute atomic E-state index is 6.15. The van der Waals surface area contributed by atoms with E-state index in [1.807, 2.05) is 18.8 Å². The predicted molar refractivity (Wildman–Crippen MR) is 131 cm³/mol. The van der Waals surface area contributed by atoms with Crippen molar-refractivity contribution < 1.29 is 9.47 Å². The van der Waals surface area contributed by atoms with Crippen molar-refractivity contribution in [1.82, 2.24) is 10.6 Å². The smallest absolute Gasteiger partial charge is 0.191 e. The fourth-order valence-electron chi connectivity index (χ4n) is 3.07. The Morgan fingerprint density at radius 1 is 1.25 bits per heavy atom. The molecule has 2 rings (SSSR count). The molecule has 1 aromatic carbocycles. The van der Waals surface area contributed by atoms with Gasteiger partial charge in [-0.2, -0.15) is 11.8 Å². The van der Waals surface area contributed by atoms with Gasteiger partial charge in [0.2, 0.25) is 0 Å². The summed E-state index contributed by atoms with van der Waals surface area (Å²) in [7, 11) is 1.81. The van der Waals surface area contributed by atoms with Crippen LogP contribution in [0.1, 0.15) is 44.7 Å². The van der Waals surface area contributed by atoms with Crippen LogP contribution in [-0.2, 0) is 11.3 Å². The molecule has 1 saturated heterocycles. The van der Waals surface area contributed by atoms with Gasteiger partial charge in [0.15, 0.2) is 5.96 Å². The second-order valence-electron chi connectivity index (χ2n) is 8.10. The highest BCUT2D eigenvalue weighted by molar-refractivity contribution is 14.0. The molecular formula is C21H36IN3O2S. The first kappa shape index (κ1) is 25.4. The van der Waals surface area contributed by atoms with Crippen molar-refractivity contribution in [3.05, 3.63) is 29.3 Å². The number of aryl methyl sites for hydroxylation is 1. The normalized spacial score (nSPS) is 16.9. The van der Waals surface area contributed by atoms with Crippen molar-refractivity contribution in [3.63, 3.8) is 0 Å². The third-order valence-corrected chi connectivity index (χ3v) is 6.14. The quantitative estimate of drug-likeness (QED) is 0.331. The van der Waals surface area contributed by atoms with E-state index in [1.165, 1.54) is 5.56 Å². The minimum atomic E-state index is -0.226. The van der Waals surface area contributed by atoms with Gasteiger partial charge >= 0.3 is 0 Å². The first-order valence-electron chi connectivity index (χ1n) is 9.63. The number of nitrogens with zero attached hydrogens (tertiary/aromatic N) is 1. The zero-order chi connectivity index (χ0) is 19.9. The summed E-state index contributed by atoms with van der Waals surface area (Å²) in [5.41, 5.74) is 2.10. The molecule has 28 heavy (non-hydrogen) atoms. The topological polar surface area (TPSA) is 54.9 Å². The molecule has 7 heteroatoms. The van der Waals surface area contributed by atoms with Crippen molar-refractivity contribution in [2.24, 2.45) is 4.99 Å². The van der Waals surface area contributed by atoms with E-state index in [4.69, 9.17) is 9.47 Å². The first-order valence-corrected chi connectivity index (χ1v) is 10.9. The lowest BCUT2D eigenvalue weighted by atomic mass is 9.99. The van der Waals surface area contributed by atoms with Crippen LogP contribution in [0.15, 0.2) is 23.2 Å². The SMILES string of the molecule is CN=C(NCc1ccc(C)cc1OC(C)(C)C)NCC1(SC)CCOCC1.I. The van der Waals surface area contributed by atoms with Gasteiger partial charge in [-0.25, -0.2) is 0 Å². The van der Waals surface area contributed by atoms with Crippen LogP contribution in [-0.4, -0.2) is 49.4 Å². The Labute approximate surface area is 191 Å². The number of hydrogen-bond acceptors (Lipinski definition) is 4. The summed E-state index contributed by atoms with van der Waals surface area (Å²) in [6.07, 6.45) is 4.32. The first-order chi connectivity index (χ1) is 12.8. The second kappa shape index (κ2) is 11.5. The van der Waals surface area contributed by atoms with E-state index in [0.717, 1.165) is 49.9 Å². The minimum Gasteiger partial charge on any atom is -0.488 e. The molecule has 1 aliphatic heterocycles. The van der Waals surface area contributed by atoms with E-state index in [-0.39, 0.29) is 34.3 Å². The van der Waals surface area contributed by atoms with E-state index >= 15 is 0 Å². The van der Waals surface area contributed by atoms with Gasteiger partial charge in [-0.1, -0.05) is 12.1 Å².